The maximum absolute atomic E-state index is 7.06. The molecule has 0 saturated heterocycles. The zero-order valence-corrected chi connectivity index (χ0v) is 6.88. The minimum atomic E-state index is 0.475. The normalized spacial score (nSPS) is 11.9. The first-order chi connectivity index (χ1) is 5.86. The largest absolute Gasteiger partial charge is 0.0871 e. The van der Waals surface area contributed by atoms with Crippen LogP contribution in [0.3, 0.4) is 0 Å². The summed E-state index contributed by atoms with van der Waals surface area (Å²) in [5, 5.41) is 0. The van der Waals surface area contributed by atoms with Crippen LogP contribution in [0.4, 0.5) is 0 Å². The Morgan fingerprint density at radius 3 is 2.64 bits per heavy atom. The van der Waals surface area contributed by atoms with Crippen LogP contribution in [-0.2, 0) is 6.42 Å². The van der Waals surface area contributed by atoms with Crippen molar-refractivity contribution in [2.75, 3.05) is 0 Å². The van der Waals surface area contributed by atoms with Gasteiger partial charge in [-0.2, -0.15) is 0 Å². The van der Waals surface area contributed by atoms with Gasteiger partial charge < -0.3 is 0 Å². The topological polar surface area (TPSA) is 0 Å². The van der Waals surface area contributed by atoms with Crippen LogP contribution in [0.5, 0.6) is 0 Å². The Kier molecular flexibility index (Phi) is 2.40. The van der Waals surface area contributed by atoms with Gasteiger partial charge in [0.2, 0.25) is 0 Å². The molecule has 0 heterocycles. The third kappa shape index (κ3) is 2.23. The van der Waals surface area contributed by atoms with E-state index in [2.05, 4.69) is 30.3 Å². The molecule has 0 atom stereocenters. The Bertz CT molecular complexity index is 246. The Balaban J connectivity index is 2.71. The van der Waals surface area contributed by atoms with Gasteiger partial charge in [-0.1, -0.05) is 43.3 Å². The third-order valence-corrected chi connectivity index (χ3v) is 1.63. The summed E-state index contributed by atoms with van der Waals surface area (Å²) in [7, 11) is 0. The average molecular weight is 147 g/mol. The van der Waals surface area contributed by atoms with Gasteiger partial charge >= 0.3 is 0 Å². The average Bonchev–Trinajstić information content (AvgIpc) is 2.09. The summed E-state index contributed by atoms with van der Waals surface area (Å²) < 4.78 is 7.06. The van der Waals surface area contributed by atoms with Crippen LogP contribution in [0.25, 0.3) is 6.08 Å². The van der Waals surface area contributed by atoms with Crippen molar-refractivity contribution in [1.29, 1.82) is 0 Å². The van der Waals surface area contributed by atoms with E-state index in [1.165, 1.54) is 11.1 Å². The van der Waals surface area contributed by atoms with Gasteiger partial charge in [-0.05, 0) is 24.5 Å². The Labute approximate surface area is 70.0 Å². The number of aryl methyl sites for hydroxylation is 1. The van der Waals surface area contributed by atoms with Crippen molar-refractivity contribution in [1.82, 2.24) is 0 Å². The van der Waals surface area contributed by atoms with Gasteiger partial charge in [-0.3, -0.25) is 0 Å². The Morgan fingerprint density at radius 1 is 1.36 bits per heavy atom. The summed E-state index contributed by atoms with van der Waals surface area (Å²) in [5.74, 6) is 0. The minimum Gasteiger partial charge on any atom is -0.0871 e. The van der Waals surface area contributed by atoms with Gasteiger partial charge in [0.1, 0.15) is 0 Å². The van der Waals surface area contributed by atoms with E-state index < -0.39 is 0 Å². The molecule has 1 rings (SSSR count). The van der Waals surface area contributed by atoms with Crippen LogP contribution in [0.2, 0.25) is 0 Å². The van der Waals surface area contributed by atoms with E-state index in [9.17, 15) is 0 Å². The van der Waals surface area contributed by atoms with Gasteiger partial charge in [0, 0.05) is 1.37 Å². The first-order valence-corrected chi connectivity index (χ1v) is 3.87. The highest BCUT2D eigenvalue weighted by Crippen LogP contribution is 2.06. The van der Waals surface area contributed by atoms with Crippen LogP contribution >= 0.6 is 0 Å². The molecule has 11 heavy (non-hydrogen) atoms. The van der Waals surface area contributed by atoms with E-state index in [1.807, 2.05) is 13.0 Å². The van der Waals surface area contributed by atoms with Gasteiger partial charge in [-0.25, -0.2) is 0 Å². The summed E-state index contributed by atoms with van der Waals surface area (Å²) >= 11 is 0. The molecule has 0 aliphatic heterocycles. The van der Waals surface area contributed by atoms with Crippen LogP contribution < -0.4 is 0 Å². The molecule has 0 bridgehead atoms. The lowest BCUT2D eigenvalue weighted by Crippen LogP contribution is -1.78. The first kappa shape index (κ1) is 6.66. The molecule has 58 valence electrons. The van der Waals surface area contributed by atoms with Crippen molar-refractivity contribution in [3.05, 3.63) is 41.5 Å². The molecule has 0 amide bonds. The SMILES string of the molecule is [2H]CCc1ccc(C=CC)cc1. The summed E-state index contributed by atoms with van der Waals surface area (Å²) in [6, 6.07) is 8.35. The maximum atomic E-state index is 7.06. The highest BCUT2D eigenvalue weighted by Gasteiger charge is 1.87. The zero-order valence-electron chi connectivity index (χ0n) is 7.88. The lowest BCUT2D eigenvalue weighted by Gasteiger charge is -1.95. The van der Waals surface area contributed by atoms with Crippen LogP contribution in [0.1, 0.15) is 26.3 Å². The molecule has 0 radical (unpaired) electrons. The first-order valence-electron chi connectivity index (χ1n) is 4.58. The second kappa shape index (κ2) is 3.97. The van der Waals surface area contributed by atoms with Crippen molar-refractivity contribution in [2.45, 2.75) is 20.2 Å². The fourth-order valence-corrected chi connectivity index (χ4v) is 0.988. The van der Waals surface area contributed by atoms with E-state index in [0.29, 0.717) is 6.90 Å². The van der Waals surface area contributed by atoms with E-state index in [-0.39, 0.29) is 0 Å². The van der Waals surface area contributed by atoms with Gasteiger partial charge in [0.15, 0.2) is 0 Å². The van der Waals surface area contributed by atoms with E-state index >= 15 is 0 Å². The van der Waals surface area contributed by atoms with Gasteiger partial charge in [0.25, 0.3) is 0 Å². The van der Waals surface area contributed by atoms with Crippen molar-refractivity contribution in [2.24, 2.45) is 0 Å². The smallest absolute Gasteiger partial charge is 0.0234 e. The summed E-state index contributed by atoms with van der Waals surface area (Å²) in [6.07, 6.45) is 4.96. The summed E-state index contributed by atoms with van der Waals surface area (Å²) in [6.45, 7) is 2.49. The summed E-state index contributed by atoms with van der Waals surface area (Å²) in [4.78, 5) is 0. The van der Waals surface area contributed by atoms with Crippen LogP contribution in [0.15, 0.2) is 30.3 Å². The highest BCUT2D eigenvalue weighted by molar-refractivity contribution is 5.49. The number of hydrogen-bond acceptors (Lipinski definition) is 0. The van der Waals surface area contributed by atoms with Crippen molar-refractivity contribution < 1.29 is 1.37 Å². The van der Waals surface area contributed by atoms with E-state index in [1.54, 1.807) is 0 Å². The van der Waals surface area contributed by atoms with Crippen molar-refractivity contribution in [3.63, 3.8) is 0 Å². The number of benzene rings is 1. The molecule has 0 aliphatic carbocycles. The Morgan fingerprint density at radius 2 is 2.09 bits per heavy atom. The standard InChI is InChI=1S/C11H14/c1-3-5-11-8-6-10(4-2)7-9-11/h3,5-9H,4H2,1-2H3/i2D. The molecule has 0 nitrogen and oxygen atoms in total. The zero-order chi connectivity index (χ0) is 8.81. The quantitative estimate of drug-likeness (QED) is 0.602. The second-order valence-electron chi connectivity index (χ2n) is 2.49. The number of rotatable bonds is 2. The molecule has 0 saturated carbocycles. The maximum Gasteiger partial charge on any atom is 0.0234 e. The lowest BCUT2D eigenvalue weighted by molar-refractivity contribution is 1.14. The van der Waals surface area contributed by atoms with Crippen LogP contribution in [0, 0.1) is 0 Å². The molecule has 1 aromatic carbocycles. The predicted octanol–water partition coefficient (Wildman–Crippen LogP) is 3.28. The van der Waals surface area contributed by atoms with E-state index in [0.717, 1.165) is 6.42 Å². The second-order valence-corrected chi connectivity index (χ2v) is 2.49. The lowest BCUT2D eigenvalue weighted by atomic mass is 10.1. The monoisotopic (exact) mass is 147 g/mol. The van der Waals surface area contributed by atoms with Crippen molar-refractivity contribution in [3.8, 4) is 0 Å². The molecule has 0 N–H and O–H groups in total. The van der Waals surface area contributed by atoms with E-state index in [4.69, 9.17) is 1.37 Å². The molecule has 1 aromatic rings. The number of hydrogen-bond donors (Lipinski definition) is 0. The fourth-order valence-electron chi connectivity index (χ4n) is 0.988. The molecule has 0 unspecified atom stereocenters. The van der Waals surface area contributed by atoms with Gasteiger partial charge in [0.05, 0.1) is 0 Å². The Hall–Kier alpha value is -1.04. The molecule has 0 heteroatoms. The third-order valence-electron chi connectivity index (χ3n) is 1.63. The van der Waals surface area contributed by atoms with Gasteiger partial charge in [-0.15, -0.1) is 0 Å². The van der Waals surface area contributed by atoms with Crippen LogP contribution in [-0.4, -0.2) is 0 Å². The molecule has 0 aliphatic rings. The molecular formula is C11H14. The predicted molar refractivity (Wildman–Crippen MR) is 50.5 cm³/mol. The molecule has 0 spiro atoms. The summed E-state index contributed by atoms with van der Waals surface area (Å²) in [5.41, 5.74) is 2.48. The minimum absolute atomic E-state index is 0.475. The van der Waals surface area contributed by atoms with Crippen molar-refractivity contribution >= 4 is 6.08 Å². The number of allylic oxidation sites excluding steroid dienone is 1. The highest BCUT2D eigenvalue weighted by atomic mass is 13.9. The fraction of sp³-hybridized carbons (Fsp3) is 0.273. The molecular weight excluding hydrogens is 132 g/mol. The molecule has 0 aromatic heterocycles. The molecule has 0 fully saturated rings.